The summed E-state index contributed by atoms with van der Waals surface area (Å²) < 4.78 is 2.61. The van der Waals surface area contributed by atoms with Crippen LogP contribution in [0.4, 0.5) is 0 Å². The van der Waals surface area contributed by atoms with Crippen molar-refractivity contribution in [2.75, 3.05) is 0 Å². The molecule has 6 heteroatoms. The van der Waals surface area contributed by atoms with Gasteiger partial charge in [-0.2, -0.15) is 0 Å². The fourth-order valence-electron chi connectivity index (χ4n) is 1.61. The summed E-state index contributed by atoms with van der Waals surface area (Å²) in [7, 11) is 0. The number of Topliss-reactive ketones (excluding diaryl/α,β-unsaturated/α-hetero) is 1. The standard InChI is InChI=1S/C13H10Br2N2O2/c1-8-16-6-11(15)13(19)17(8)7-12(18)9-2-4-10(14)5-3-9/h2-6H,7H2,1H3. The Morgan fingerprint density at radius 2 is 1.89 bits per heavy atom. The molecule has 0 N–H and O–H groups in total. The Balaban J connectivity index is 2.32. The molecule has 0 aliphatic carbocycles. The highest BCUT2D eigenvalue weighted by atomic mass is 79.9. The van der Waals surface area contributed by atoms with Crippen LogP contribution in [0.15, 0.2) is 44.2 Å². The van der Waals surface area contributed by atoms with Gasteiger partial charge in [0.15, 0.2) is 5.78 Å². The number of hydrogen-bond donors (Lipinski definition) is 0. The second kappa shape index (κ2) is 5.79. The summed E-state index contributed by atoms with van der Waals surface area (Å²) in [6.07, 6.45) is 1.44. The summed E-state index contributed by atoms with van der Waals surface area (Å²) >= 11 is 6.43. The van der Waals surface area contributed by atoms with Crippen LogP contribution in [0.2, 0.25) is 0 Å². The first kappa shape index (κ1) is 14.1. The second-order valence-corrected chi connectivity index (χ2v) is 5.74. The smallest absolute Gasteiger partial charge is 0.268 e. The van der Waals surface area contributed by atoms with E-state index in [1.165, 1.54) is 10.8 Å². The molecule has 0 amide bonds. The van der Waals surface area contributed by atoms with Crippen molar-refractivity contribution in [2.45, 2.75) is 13.5 Å². The van der Waals surface area contributed by atoms with Crippen LogP contribution in [0, 0.1) is 6.92 Å². The molecular formula is C13H10Br2N2O2. The molecule has 0 unspecified atom stereocenters. The third-order valence-corrected chi connectivity index (χ3v) is 3.75. The van der Waals surface area contributed by atoms with Crippen molar-refractivity contribution < 1.29 is 4.79 Å². The summed E-state index contributed by atoms with van der Waals surface area (Å²) in [4.78, 5) is 28.1. The highest BCUT2D eigenvalue weighted by molar-refractivity contribution is 9.10. The molecule has 0 bridgehead atoms. The Labute approximate surface area is 126 Å². The van der Waals surface area contributed by atoms with Gasteiger partial charge in [0.1, 0.15) is 10.3 Å². The zero-order valence-corrected chi connectivity index (χ0v) is 13.2. The molecule has 0 saturated carbocycles. The van der Waals surface area contributed by atoms with E-state index in [1.807, 2.05) is 0 Å². The predicted molar refractivity (Wildman–Crippen MR) is 79.4 cm³/mol. The summed E-state index contributed by atoms with van der Waals surface area (Å²) in [5, 5.41) is 0. The Morgan fingerprint density at radius 3 is 2.53 bits per heavy atom. The maximum atomic E-state index is 12.1. The molecular weight excluding hydrogens is 376 g/mol. The third kappa shape index (κ3) is 3.19. The molecule has 0 atom stereocenters. The SMILES string of the molecule is Cc1ncc(Br)c(=O)n1CC(=O)c1ccc(Br)cc1. The quantitative estimate of drug-likeness (QED) is 0.763. The van der Waals surface area contributed by atoms with Crippen LogP contribution in [0.3, 0.4) is 0 Å². The molecule has 0 fully saturated rings. The number of aryl methyl sites for hydroxylation is 1. The Kier molecular flexibility index (Phi) is 4.31. The van der Waals surface area contributed by atoms with E-state index in [1.54, 1.807) is 31.2 Å². The molecule has 98 valence electrons. The van der Waals surface area contributed by atoms with Gasteiger partial charge in [0.2, 0.25) is 0 Å². The number of hydrogen-bond acceptors (Lipinski definition) is 3. The van der Waals surface area contributed by atoms with Gasteiger partial charge in [-0.25, -0.2) is 4.98 Å². The zero-order chi connectivity index (χ0) is 14.0. The van der Waals surface area contributed by atoms with Crippen molar-refractivity contribution in [1.29, 1.82) is 0 Å². The fourth-order valence-corrected chi connectivity index (χ4v) is 2.19. The lowest BCUT2D eigenvalue weighted by Crippen LogP contribution is -2.27. The minimum absolute atomic E-state index is 0.0151. The van der Waals surface area contributed by atoms with Crippen LogP contribution in [0.1, 0.15) is 16.2 Å². The number of aromatic nitrogens is 2. The van der Waals surface area contributed by atoms with Crippen molar-refractivity contribution in [3.8, 4) is 0 Å². The minimum atomic E-state index is -0.252. The fraction of sp³-hybridized carbons (Fsp3) is 0.154. The first-order valence-electron chi connectivity index (χ1n) is 5.50. The van der Waals surface area contributed by atoms with Gasteiger partial charge < -0.3 is 0 Å². The lowest BCUT2D eigenvalue weighted by atomic mass is 10.1. The summed E-state index contributed by atoms with van der Waals surface area (Å²) in [5.74, 6) is 0.385. The van der Waals surface area contributed by atoms with Crippen LogP contribution >= 0.6 is 31.9 Å². The van der Waals surface area contributed by atoms with Crippen LogP contribution in [0.5, 0.6) is 0 Å². The summed E-state index contributed by atoms with van der Waals surface area (Å²) in [6.45, 7) is 1.68. The number of halogens is 2. The third-order valence-electron chi connectivity index (χ3n) is 2.67. The van der Waals surface area contributed by atoms with Gasteiger partial charge in [-0.15, -0.1) is 0 Å². The van der Waals surface area contributed by atoms with E-state index in [9.17, 15) is 9.59 Å². The van der Waals surface area contributed by atoms with Gasteiger partial charge in [0.05, 0.1) is 6.54 Å². The maximum Gasteiger partial charge on any atom is 0.268 e. The van der Waals surface area contributed by atoms with E-state index >= 15 is 0 Å². The molecule has 0 aliphatic rings. The summed E-state index contributed by atoms with van der Waals surface area (Å²) in [5.41, 5.74) is 0.312. The second-order valence-electron chi connectivity index (χ2n) is 3.97. The van der Waals surface area contributed by atoms with E-state index < -0.39 is 0 Å². The lowest BCUT2D eigenvalue weighted by molar-refractivity contribution is 0.0969. The van der Waals surface area contributed by atoms with Crippen LogP contribution in [0.25, 0.3) is 0 Å². The number of carbonyl (C=O) groups is 1. The zero-order valence-electron chi connectivity index (χ0n) is 10.1. The van der Waals surface area contributed by atoms with Gasteiger partial charge in [-0.05, 0) is 35.0 Å². The first-order chi connectivity index (χ1) is 8.99. The molecule has 0 radical (unpaired) electrons. The molecule has 1 aromatic carbocycles. The summed E-state index contributed by atoms with van der Waals surface area (Å²) in [6, 6.07) is 7.03. The highest BCUT2D eigenvalue weighted by Gasteiger charge is 2.11. The molecule has 2 rings (SSSR count). The number of rotatable bonds is 3. The van der Waals surface area contributed by atoms with E-state index in [0.717, 1.165) is 4.47 Å². The number of nitrogens with zero attached hydrogens (tertiary/aromatic N) is 2. The van der Waals surface area contributed by atoms with Crippen molar-refractivity contribution in [2.24, 2.45) is 0 Å². The largest absolute Gasteiger partial charge is 0.292 e. The van der Waals surface area contributed by atoms with Crippen LogP contribution in [-0.4, -0.2) is 15.3 Å². The van der Waals surface area contributed by atoms with E-state index in [4.69, 9.17) is 0 Å². The average molecular weight is 386 g/mol. The molecule has 2 aromatic rings. The van der Waals surface area contributed by atoms with Crippen molar-refractivity contribution in [1.82, 2.24) is 9.55 Å². The topological polar surface area (TPSA) is 52.0 Å². The van der Waals surface area contributed by atoms with Gasteiger partial charge in [0.25, 0.3) is 5.56 Å². The molecule has 4 nitrogen and oxygen atoms in total. The van der Waals surface area contributed by atoms with Crippen molar-refractivity contribution in [3.63, 3.8) is 0 Å². The lowest BCUT2D eigenvalue weighted by Gasteiger charge is -2.08. The van der Waals surface area contributed by atoms with E-state index in [0.29, 0.717) is 15.9 Å². The normalized spacial score (nSPS) is 10.5. The van der Waals surface area contributed by atoms with Crippen molar-refractivity contribution in [3.05, 3.63) is 61.1 Å². The van der Waals surface area contributed by atoms with E-state index in [-0.39, 0.29) is 17.9 Å². The molecule has 0 spiro atoms. The molecule has 19 heavy (non-hydrogen) atoms. The maximum absolute atomic E-state index is 12.1. The number of ketones is 1. The number of carbonyl (C=O) groups excluding carboxylic acids is 1. The van der Waals surface area contributed by atoms with Crippen LogP contribution in [-0.2, 0) is 6.54 Å². The van der Waals surface area contributed by atoms with Gasteiger partial charge in [0, 0.05) is 16.2 Å². The average Bonchev–Trinajstić information content (AvgIpc) is 2.40. The molecule has 0 aliphatic heterocycles. The van der Waals surface area contributed by atoms with Gasteiger partial charge in [-0.3, -0.25) is 14.2 Å². The van der Waals surface area contributed by atoms with Crippen molar-refractivity contribution >= 4 is 37.6 Å². The van der Waals surface area contributed by atoms with Crippen LogP contribution < -0.4 is 5.56 Å². The predicted octanol–water partition coefficient (Wildman–Crippen LogP) is 2.96. The Hall–Kier alpha value is -1.27. The Bertz CT molecular complexity index is 678. The minimum Gasteiger partial charge on any atom is -0.292 e. The monoisotopic (exact) mass is 384 g/mol. The van der Waals surface area contributed by atoms with Gasteiger partial charge >= 0.3 is 0 Å². The first-order valence-corrected chi connectivity index (χ1v) is 7.08. The highest BCUT2D eigenvalue weighted by Crippen LogP contribution is 2.11. The number of benzene rings is 1. The van der Waals surface area contributed by atoms with Gasteiger partial charge in [-0.1, -0.05) is 28.1 Å². The Morgan fingerprint density at radius 1 is 1.26 bits per heavy atom. The molecule has 1 heterocycles. The molecule has 1 aromatic heterocycles. The molecule has 0 saturated heterocycles. The van der Waals surface area contributed by atoms with E-state index in [2.05, 4.69) is 36.8 Å².